The van der Waals surface area contributed by atoms with Gasteiger partial charge in [0.25, 0.3) is 0 Å². The van der Waals surface area contributed by atoms with Crippen LogP contribution in [0.1, 0.15) is 23.8 Å². The number of halogens is 1. The Kier molecular flexibility index (Phi) is 6.94. The zero-order valence-corrected chi connectivity index (χ0v) is 16.7. The fraction of sp³-hybridized carbons (Fsp3) is 0.450. The fourth-order valence-electron chi connectivity index (χ4n) is 3.22. The van der Waals surface area contributed by atoms with Crippen LogP contribution in [0.15, 0.2) is 36.4 Å². The van der Waals surface area contributed by atoms with Gasteiger partial charge in [-0.3, -0.25) is 9.69 Å². The van der Waals surface area contributed by atoms with Crippen molar-refractivity contribution in [2.24, 2.45) is 0 Å². The summed E-state index contributed by atoms with van der Waals surface area (Å²) in [4.78, 5) is 18.2. The molecule has 2 aromatic rings. The fourth-order valence-corrected chi connectivity index (χ4v) is 4.35. The van der Waals surface area contributed by atoms with E-state index in [2.05, 4.69) is 11.0 Å². The second-order valence-corrected chi connectivity index (χ2v) is 8.20. The molecule has 1 aliphatic heterocycles. The standard InChI is InChI=1S/C20H25ClN2O2S/c1-2-25-18-6-4-3-5-16(18)7-10-20(24)23-13-11-22(12-14-23)15-17-8-9-19(21)26-17/h3-6,8-9H,2,7,10-15H2,1H3. The minimum absolute atomic E-state index is 0.232. The maximum Gasteiger partial charge on any atom is 0.222 e. The summed E-state index contributed by atoms with van der Waals surface area (Å²) >= 11 is 7.63. The van der Waals surface area contributed by atoms with Crippen molar-refractivity contribution in [3.05, 3.63) is 51.2 Å². The summed E-state index contributed by atoms with van der Waals surface area (Å²) in [5.74, 6) is 1.12. The molecule has 0 spiro atoms. The first kappa shape index (κ1) is 19.2. The molecule has 3 rings (SSSR count). The van der Waals surface area contributed by atoms with E-state index < -0.39 is 0 Å². The Balaban J connectivity index is 1.45. The molecule has 0 atom stereocenters. The molecule has 1 saturated heterocycles. The van der Waals surface area contributed by atoms with Crippen LogP contribution in [0.4, 0.5) is 0 Å². The van der Waals surface area contributed by atoms with Crippen molar-refractivity contribution in [2.75, 3.05) is 32.8 Å². The smallest absolute Gasteiger partial charge is 0.222 e. The predicted octanol–water partition coefficient (Wildman–Crippen LogP) is 4.08. The van der Waals surface area contributed by atoms with Crippen LogP contribution in [-0.4, -0.2) is 48.5 Å². The van der Waals surface area contributed by atoms with E-state index in [-0.39, 0.29) is 5.91 Å². The molecule has 1 aromatic heterocycles. The molecule has 1 aromatic carbocycles. The van der Waals surface area contributed by atoms with Crippen molar-refractivity contribution < 1.29 is 9.53 Å². The van der Waals surface area contributed by atoms with E-state index in [1.54, 1.807) is 11.3 Å². The van der Waals surface area contributed by atoms with Gasteiger partial charge in [0, 0.05) is 44.0 Å². The maximum absolute atomic E-state index is 12.6. The normalized spacial score (nSPS) is 15.2. The van der Waals surface area contributed by atoms with E-state index in [4.69, 9.17) is 16.3 Å². The van der Waals surface area contributed by atoms with Gasteiger partial charge in [-0.25, -0.2) is 0 Å². The lowest BCUT2D eigenvalue weighted by Gasteiger charge is -2.34. The predicted molar refractivity (Wildman–Crippen MR) is 107 cm³/mol. The molecular weight excluding hydrogens is 368 g/mol. The van der Waals surface area contributed by atoms with E-state index in [0.29, 0.717) is 13.0 Å². The monoisotopic (exact) mass is 392 g/mol. The third-order valence-corrected chi connectivity index (χ3v) is 5.83. The highest BCUT2D eigenvalue weighted by Gasteiger charge is 2.21. The first-order chi connectivity index (χ1) is 12.7. The number of carbonyl (C=O) groups excluding carboxylic acids is 1. The number of aryl methyl sites for hydroxylation is 1. The van der Waals surface area contributed by atoms with Crippen LogP contribution in [0, 0.1) is 0 Å². The topological polar surface area (TPSA) is 32.8 Å². The number of para-hydroxylation sites is 1. The number of carbonyl (C=O) groups is 1. The third kappa shape index (κ3) is 5.22. The van der Waals surface area contributed by atoms with E-state index >= 15 is 0 Å². The molecule has 1 fully saturated rings. The lowest BCUT2D eigenvalue weighted by molar-refractivity contribution is -0.132. The number of benzene rings is 1. The highest BCUT2D eigenvalue weighted by Crippen LogP contribution is 2.23. The van der Waals surface area contributed by atoms with Crippen molar-refractivity contribution in [3.63, 3.8) is 0 Å². The van der Waals surface area contributed by atoms with Crippen LogP contribution in [0.25, 0.3) is 0 Å². The summed E-state index contributed by atoms with van der Waals surface area (Å²) in [7, 11) is 0. The Morgan fingerprint density at radius 1 is 1.15 bits per heavy atom. The number of ether oxygens (including phenoxy) is 1. The van der Waals surface area contributed by atoms with E-state index in [9.17, 15) is 4.79 Å². The van der Waals surface area contributed by atoms with Crippen LogP contribution in [0.5, 0.6) is 5.75 Å². The van der Waals surface area contributed by atoms with Gasteiger partial charge in [0.1, 0.15) is 5.75 Å². The Morgan fingerprint density at radius 2 is 1.92 bits per heavy atom. The third-order valence-electron chi connectivity index (χ3n) is 4.61. The largest absolute Gasteiger partial charge is 0.494 e. The SMILES string of the molecule is CCOc1ccccc1CCC(=O)N1CCN(Cc2ccc(Cl)s2)CC1. The minimum atomic E-state index is 0.232. The summed E-state index contributed by atoms with van der Waals surface area (Å²) in [6.45, 7) is 6.96. The molecule has 6 heteroatoms. The molecule has 0 bridgehead atoms. The molecular formula is C20H25ClN2O2S. The van der Waals surface area contributed by atoms with Crippen molar-refractivity contribution in [3.8, 4) is 5.75 Å². The number of thiophene rings is 1. The van der Waals surface area contributed by atoms with Crippen molar-refractivity contribution in [1.82, 2.24) is 9.80 Å². The lowest BCUT2D eigenvalue weighted by Crippen LogP contribution is -2.48. The number of amides is 1. The minimum Gasteiger partial charge on any atom is -0.494 e. The maximum atomic E-state index is 12.6. The average Bonchev–Trinajstić information content (AvgIpc) is 3.06. The van der Waals surface area contributed by atoms with Crippen LogP contribution < -0.4 is 4.74 Å². The van der Waals surface area contributed by atoms with E-state index in [0.717, 1.165) is 54.8 Å². The first-order valence-electron chi connectivity index (χ1n) is 9.10. The van der Waals surface area contributed by atoms with Gasteiger partial charge in [0.2, 0.25) is 5.91 Å². The highest BCUT2D eigenvalue weighted by molar-refractivity contribution is 7.16. The summed E-state index contributed by atoms with van der Waals surface area (Å²) in [6.07, 6.45) is 1.26. The average molecular weight is 393 g/mol. The number of hydrogen-bond acceptors (Lipinski definition) is 4. The van der Waals surface area contributed by atoms with Crippen LogP contribution in [0.2, 0.25) is 4.34 Å². The molecule has 1 amide bonds. The highest BCUT2D eigenvalue weighted by atomic mass is 35.5. The van der Waals surface area contributed by atoms with Gasteiger partial charge < -0.3 is 9.64 Å². The Hall–Kier alpha value is -1.56. The number of nitrogens with zero attached hydrogens (tertiary/aromatic N) is 2. The van der Waals surface area contributed by atoms with Crippen LogP contribution >= 0.6 is 22.9 Å². The van der Waals surface area contributed by atoms with Crippen molar-refractivity contribution in [1.29, 1.82) is 0 Å². The molecule has 0 radical (unpaired) electrons. The number of rotatable bonds is 7. The van der Waals surface area contributed by atoms with Gasteiger partial charge >= 0.3 is 0 Å². The van der Waals surface area contributed by atoms with E-state index in [1.165, 1.54) is 4.88 Å². The van der Waals surface area contributed by atoms with Gasteiger partial charge in [0.15, 0.2) is 0 Å². The molecule has 0 unspecified atom stereocenters. The van der Waals surface area contributed by atoms with Gasteiger partial charge in [-0.2, -0.15) is 0 Å². The summed E-state index contributed by atoms with van der Waals surface area (Å²) in [5, 5.41) is 0. The zero-order valence-electron chi connectivity index (χ0n) is 15.1. The first-order valence-corrected chi connectivity index (χ1v) is 10.3. The van der Waals surface area contributed by atoms with Gasteiger partial charge in [-0.15, -0.1) is 11.3 Å². The molecule has 0 N–H and O–H groups in total. The van der Waals surface area contributed by atoms with Gasteiger partial charge in [0.05, 0.1) is 10.9 Å². The van der Waals surface area contributed by atoms with Crippen LogP contribution in [-0.2, 0) is 17.8 Å². The summed E-state index contributed by atoms with van der Waals surface area (Å²) in [6, 6.07) is 12.0. The van der Waals surface area contributed by atoms with E-state index in [1.807, 2.05) is 42.2 Å². The molecule has 0 saturated carbocycles. The second kappa shape index (κ2) is 9.40. The summed E-state index contributed by atoms with van der Waals surface area (Å²) < 4.78 is 6.48. The Labute approximate surface area is 164 Å². The molecule has 2 heterocycles. The van der Waals surface area contributed by atoms with Crippen molar-refractivity contribution in [2.45, 2.75) is 26.3 Å². The van der Waals surface area contributed by atoms with Crippen LogP contribution in [0.3, 0.4) is 0 Å². The Bertz CT molecular complexity index is 726. The molecule has 4 nitrogen and oxygen atoms in total. The lowest BCUT2D eigenvalue weighted by atomic mass is 10.1. The quantitative estimate of drug-likeness (QED) is 0.711. The van der Waals surface area contributed by atoms with Gasteiger partial charge in [-0.05, 0) is 37.1 Å². The van der Waals surface area contributed by atoms with Gasteiger partial charge in [-0.1, -0.05) is 29.8 Å². The number of hydrogen-bond donors (Lipinski definition) is 0. The molecule has 26 heavy (non-hydrogen) atoms. The number of piperazine rings is 1. The molecule has 1 aliphatic rings. The molecule has 0 aliphatic carbocycles. The second-order valence-electron chi connectivity index (χ2n) is 6.40. The zero-order chi connectivity index (χ0) is 18.4. The van der Waals surface area contributed by atoms with Crippen molar-refractivity contribution >= 4 is 28.8 Å². The summed E-state index contributed by atoms with van der Waals surface area (Å²) in [5.41, 5.74) is 1.11. The molecule has 140 valence electrons. The Morgan fingerprint density at radius 3 is 2.62 bits per heavy atom.